The van der Waals surface area contributed by atoms with Crippen LogP contribution in [0.5, 0.6) is 0 Å². The molecular formula is C14H19F2N3. The summed E-state index contributed by atoms with van der Waals surface area (Å²) in [7, 11) is 1.73. The Hall–Kier alpha value is -1.62. The van der Waals surface area contributed by atoms with E-state index in [-0.39, 0.29) is 12.1 Å². The molecular weight excluding hydrogens is 248 g/mol. The summed E-state index contributed by atoms with van der Waals surface area (Å²) in [6, 6.07) is 3.41. The minimum absolute atomic E-state index is 0.0418. The van der Waals surface area contributed by atoms with Gasteiger partial charge >= 0.3 is 0 Å². The van der Waals surface area contributed by atoms with Crippen molar-refractivity contribution in [2.45, 2.75) is 19.3 Å². The van der Waals surface area contributed by atoms with Gasteiger partial charge in [-0.05, 0) is 41.7 Å². The number of rotatable bonds is 4. The van der Waals surface area contributed by atoms with E-state index >= 15 is 0 Å². The highest BCUT2D eigenvalue weighted by Crippen LogP contribution is 2.34. The van der Waals surface area contributed by atoms with Crippen LogP contribution in [0.4, 0.5) is 14.5 Å². The molecule has 1 heterocycles. The number of hydrogen-bond acceptors (Lipinski definition) is 3. The predicted molar refractivity (Wildman–Crippen MR) is 74.3 cm³/mol. The Labute approximate surface area is 111 Å². The Bertz CT molecular complexity index is 484. The Balaban J connectivity index is 2.54. The van der Waals surface area contributed by atoms with E-state index < -0.39 is 6.43 Å². The fraction of sp³-hybridized carbons (Fsp3) is 0.429. The molecule has 0 bridgehead atoms. The lowest BCUT2D eigenvalue weighted by atomic mass is 9.93. The van der Waals surface area contributed by atoms with Gasteiger partial charge in [0.2, 0.25) is 0 Å². The number of fused-ring (bicyclic) bond motifs is 1. The smallest absolute Gasteiger partial charge is 0.264 e. The average molecular weight is 267 g/mol. The Morgan fingerprint density at radius 1 is 1.53 bits per heavy atom. The summed E-state index contributed by atoms with van der Waals surface area (Å²) in [5, 5.41) is 6.04. The largest absolute Gasteiger partial charge is 0.394 e. The van der Waals surface area contributed by atoms with Crippen LogP contribution in [-0.4, -0.2) is 20.1 Å². The molecule has 0 fully saturated rings. The molecule has 0 saturated heterocycles. The zero-order valence-corrected chi connectivity index (χ0v) is 11.0. The summed E-state index contributed by atoms with van der Waals surface area (Å²) in [6.45, 7) is 1.07. The van der Waals surface area contributed by atoms with Crippen molar-refractivity contribution in [3.05, 3.63) is 35.0 Å². The van der Waals surface area contributed by atoms with Crippen molar-refractivity contribution >= 4 is 11.3 Å². The number of benzene rings is 1. The van der Waals surface area contributed by atoms with Gasteiger partial charge in [-0.3, -0.25) is 0 Å². The molecule has 1 aliphatic rings. The number of anilines is 1. The standard InChI is InChI=1S/C14H19F2N3/c1-18-8-10(7-17)11-5-9-3-2-4-19-13(9)6-12(11)14(15)16/h5-6,8,14,18-19H,2-4,7,17H2,1H3/b10-8+. The quantitative estimate of drug-likeness (QED) is 0.785. The number of halogens is 2. The molecule has 0 radical (unpaired) electrons. The third-order valence-electron chi connectivity index (χ3n) is 3.33. The monoisotopic (exact) mass is 267 g/mol. The summed E-state index contributed by atoms with van der Waals surface area (Å²) in [4.78, 5) is 0. The number of nitrogens with two attached hydrogens (primary N) is 1. The van der Waals surface area contributed by atoms with Gasteiger partial charge in [0.15, 0.2) is 0 Å². The predicted octanol–water partition coefficient (Wildman–Crippen LogP) is 2.50. The van der Waals surface area contributed by atoms with E-state index in [9.17, 15) is 8.78 Å². The minimum atomic E-state index is -2.50. The first-order valence-corrected chi connectivity index (χ1v) is 6.43. The van der Waals surface area contributed by atoms with E-state index in [1.807, 2.05) is 6.07 Å². The van der Waals surface area contributed by atoms with Crippen LogP contribution in [0, 0.1) is 0 Å². The number of aryl methyl sites for hydroxylation is 1. The molecule has 104 valence electrons. The molecule has 0 amide bonds. The van der Waals surface area contributed by atoms with Gasteiger partial charge in [-0.2, -0.15) is 0 Å². The first-order chi connectivity index (χ1) is 9.17. The molecule has 1 aliphatic heterocycles. The molecule has 0 unspecified atom stereocenters. The first kappa shape index (κ1) is 13.8. The lowest BCUT2D eigenvalue weighted by molar-refractivity contribution is 0.151. The highest BCUT2D eigenvalue weighted by molar-refractivity contribution is 5.73. The topological polar surface area (TPSA) is 50.1 Å². The lowest BCUT2D eigenvalue weighted by Crippen LogP contribution is -2.15. The zero-order valence-electron chi connectivity index (χ0n) is 11.0. The van der Waals surface area contributed by atoms with Crippen molar-refractivity contribution in [3.8, 4) is 0 Å². The molecule has 0 spiro atoms. The molecule has 4 N–H and O–H groups in total. The van der Waals surface area contributed by atoms with Crippen molar-refractivity contribution < 1.29 is 8.78 Å². The summed E-state index contributed by atoms with van der Waals surface area (Å²) in [5.41, 5.74) is 8.87. The molecule has 1 aromatic rings. The van der Waals surface area contributed by atoms with Crippen molar-refractivity contribution in [3.63, 3.8) is 0 Å². The van der Waals surface area contributed by atoms with Crippen molar-refractivity contribution in [1.82, 2.24) is 5.32 Å². The Morgan fingerprint density at radius 2 is 2.32 bits per heavy atom. The molecule has 0 saturated carbocycles. The molecule has 3 nitrogen and oxygen atoms in total. The van der Waals surface area contributed by atoms with Gasteiger partial charge in [0, 0.05) is 37.6 Å². The highest BCUT2D eigenvalue weighted by atomic mass is 19.3. The van der Waals surface area contributed by atoms with Gasteiger partial charge in [0.1, 0.15) is 0 Å². The molecule has 0 atom stereocenters. The molecule has 1 aromatic carbocycles. The van der Waals surface area contributed by atoms with Crippen LogP contribution in [0.2, 0.25) is 0 Å². The van der Waals surface area contributed by atoms with Crippen LogP contribution in [0.1, 0.15) is 29.5 Å². The van der Waals surface area contributed by atoms with Crippen molar-refractivity contribution in [2.24, 2.45) is 5.73 Å². The van der Waals surface area contributed by atoms with Crippen molar-refractivity contribution in [1.29, 1.82) is 0 Å². The number of alkyl halides is 2. The normalized spacial score (nSPS) is 15.1. The van der Waals surface area contributed by atoms with Gasteiger partial charge in [0.25, 0.3) is 6.43 Å². The number of hydrogen-bond donors (Lipinski definition) is 3. The van der Waals surface area contributed by atoms with Crippen molar-refractivity contribution in [2.75, 3.05) is 25.5 Å². The lowest BCUT2D eigenvalue weighted by Gasteiger charge is -2.22. The SMILES string of the molecule is CN/C=C(\CN)c1cc2c(cc1C(F)F)NCCC2. The van der Waals surface area contributed by atoms with E-state index in [1.165, 1.54) is 0 Å². The molecule has 0 aliphatic carbocycles. The van der Waals surface area contributed by atoms with Crippen LogP contribution in [0.3, 0.4) is 0 Å². The van der Waals surface area contributed by atoms with Gasteiger partial charge < -0.3 is 16.4 Å². The zero-order chi connectivity index (χ0) is 13.8. The van der Waals surface area contributed by atoms with Gasteiger partial charge in [-0.25, -0.2) is 8.78 Å². The van der Waals surface area contributed by atoms with E-state index in [4.69, 9.17) is 5.73 Å². The number of nitrogens with one attached hydrogen (secondary N) is 2. The minimum Gasteiger partial charge on any atom is -0.394 e. The van der Waals surface area contributed by atoms with Gasteiger partial charge in [-0.1, -0.05) is 0 Å². The van der Waals surface area contributed by atoms with Crippen LogP contribution >= 0.6 is 0 Å². The average Bonchev–Trinajstić information content (AvgIpc) is 2.43. The third kappa shape index (κ3) is 2.87. The van der Waals surface area contributed by atoms with Gasteiger partial charge in [-0.15, -0.1) is 0 Å². The van der Waals surface area contributed by atoms with Gasteiger partial charge in [0.05, 0.1) is 0 Å². The van der Waals surface area contributed by atoms with Crippen LogP contribution in [-0.2, 0) is 6.42 Å². The summed E-state index contributed by atoms with van der Waals surface area (Å²) in [6.07, 6.45) is 1.12. The maximum Gasteiger partial charge on any atom is 0.264 e. The summed E-state index contributed by atoms with van der Waals surface area (Å²) >= 11 is 0. The second-order valence-electron chi connectivity index (χ2n) is 4.59. The fourth-order valence-corrected chi connectivity index (χ4v) is 2.41. The maximum atomic E-state index is 13.2. The summed E-state index contributed by atoms with van der Waals surface area (Å²) < 4.78 is 26.4. The van der Waals surface area contributed by atoms with E-state index in [0.717, 1.165) is 30.6 Å². The second-order valence-corrected chi connectivity index (χ2v) is 4.59. The fourth-order valence-electron chi connectivity index (χ4n) is 2.41. The second kappa shape index (κ2) is 6.02. The highest BCUT2D eigenvalue weighted by Gasteiger charge is 2.20. The summed E-state index contributed by atoms with van der Waals surface area (Å²) in [5.74, 6) is 0. The Kier molecular flexibility index (Phi) is 4.37. The van der Waals surface area contributed by atoms with Crippen LogP contribution in [0.25, 0.3) is 5.57 Å². The molecule has 5 heteroatoms. The van der Waals surface area contributed by atoms with E-state index in [0.29, 0.717) is 11.1 Å². The molecule has 2 rings (SSSR count). The Morgan fingerprint density at radius 3 is 2.95 bits per heavy atom. The molecule has 0 aromatic heterocycles. The maximum absolute atomic E-state index is 13.2. The third-order valence-corrected chi connectivity index (χ3v) is 3.33. The first-order valence-electron chi connectivity index (χ1n) is 6.43. The molecule has 19 heavy (non-hydrogen) atoms. The van der Waals surface area contributed by atoms with Crippen LogP contribution < -0.4 is 16.4 Å². The van der Waals surface area contributed by atoms with E-state index in [1.54, 1.807) is 19.3 Å². The van der Waals surface area contributed by atoms with E-state index in [2.05, 4.69) is 10.6 Å². The van der Waals surface area contributed by atoms with Crippen LogP contribution in [0.15, 0.2) is 18.3 Å².